The van der Waals surface area contributed by atoms with Crippen LogP contribution in [0.3, 0.4) is 0 Å². The summed E-state index contributed by atoms with van der Waals surface area (Å²) >= 11 is 0. The Labute approximate surface area is 148 Å². The summed E-state index contributed by atoms with van der Waals surface area (Å²) in [5, 5.41) is 9.09. The Bertz CT molecular complexity index is 864. The number of hydrogen-bond acceptors (Lipinski definition) is 4. The van der Waals surface area contributed by atoms with Gasteiger partial charge in [-0.05, 0) is 43.2 Å². The average Bonchev–Trinajstić information content (AvgIpc) is 2.67. The molecule has 0 amide bonds. The standard InChI is InChI=1S/C19H20N2O3S/c20-14-16-6-2-3-7-17(16)15-24-18-8-10-19(11-9-18)25(22,23)21-12-4-1-5-13-21/h2-3,6-11H,1,4-5,12-13,15H2. The second kappa shape index (κ2) is 7.68. The van der Waals surface area contributed by atoms with E-state index in [4.69, 9.17) is 10.00 Å². The first-order valence-corrected chi connectivity index (χ1v) is 9.76. The average molecular weight is 356 g/mol. The number of sulfonamides is 1. The quantitative estimate of drug-likeness (QED) is 0.824. The Balaban J connectivity index is 1.69. The zero-order valence-corrected chi connectivity index (χ0v) is 14.7. The zero-order valence-electron chi connectivity index (χ0n) is 13.9. The van der Waals surface area contributed by atoms with E-state index in [1.807, 2.05) is 18.2 Å². The lowest BCUT2D eigenvalue weighted by atomic mass is 10.1. The molecule has 2 aromatic rings. The normalized spacial score (nSPS) is 15.5. The predicted molar refractivity (Wildman–Crippen MR) is 94.5 cm³/mol. The Morgan fingerprint density at radius 3 is 2.36 bits per heavy atom. The smallest absolute Gasteiger partial charge is 0.243 e. The maximum Gasteiger partial charge on any atom is 0.243 e. The highest BCUT2D eigenvalue weighted by Crippen LogP contribution is 2.23. The van der Waals surface area contributed by atoms with Crippen molar-refractivity contribution < 1.29 is 13.2 Å². The van der Waals surface area contributed by atoms with Gasteiger partial charge in [-0.3, -0.25) is 0 Å². The van der Waals surface area contributed by atoms with Crippen LogP contribution in [0, 0.1) is 11.3 Å². The van der Waals surface area contributed by atoms with Crippen LogP contribution >= 0.6 is 0 Å². The van der Waals surface area contributed by atoms with Crippen LogP contribution in [-0.4, -0.2) is 25.8 Å². The highest BCUT2D eigenvalue weighted by Gasteiger charge is 2.25. The number of benzene rings is 2. The number of piperidine rings is 1. The van der Waals surface area contributed by atoms with Crippen molar-refractivity contribution in [2.24, 2.45) is 0 Å². The van der Waals surface area contributed by atoms with Gasteiger partial charge in [0.2, 0.25) is 10.0 Å². The number of ether oxygens (including phenoxy) is 1. The van der Waals surface area contributed by atoms with Crippen LogP contribution < -0.4 is 4.74 Å². The molecule has 0 N–H and O–H groups in total. The molecule has 1 aliphatic heterocycles. The highest BCUT2D eigenvalue weighted by atomic mass is 32.2. The van der Waals surface area contributed by atoms with Gasteiger partial charge in [0.25, 0.3) is 0 Å². The van der Waals surface area contributed by atoms with E-state index in [9.17, 15) is 8.42 Å². The first-order chi connectivity index (χ1) is 12.1. The predicted octanol–water partition coefficient (Wildman–Crippen LogP) is 3.31. The van der Waals surface area contributed by atoms with Gasteiger partial charge in [0.15, 0.2) is 0 Å². The van der Waals surface area contributed by atoms with Crippen molar-refractivity contribution in [2.45, 2.75) is 30.8 Å². The van der Waals surface area contributed by atoms with Crippen LogP contribution in [-0.2, 0) is 16.6 Å². The van der Waals surface area contributed by atoms with Gasteiger partial charge >= 0.3 is 0 Å². The summed E-state index contributed by atoms with van der Waals surface area (Å²) < 4.78 is 32.5. The van der Waals surface area contributed by atoms with Crippen molar-refractivity contribution in [1.82, 2.24) is 4.31 Å². The van der Waals surface area contributed by atoms with Gasteiger partial charge in [-0.25, -0.2) is 8.42 Å². The van der Waals surface area contributed by atoms with Crippen LogP contribution in [0.1, 0.15) is 30.4 Å². The molecule has 25 heavy (non-hydrogen) atoms. The van der Waals surface area contributed by atoms with E-state index in [1.54, 1.807) is 34.6 Å². The summed E-state index contributed by atoms with van der Waals surface area (Å²) in [4.78, 5) is 0.291. The van der Waals surface area contributed by atoms with Crippen molar-refractivity contribution in [3.8, 4) is 11.8 Å². The second-order valence-corrected chi connectivity index (χ2v) is 7.93. The fourth-order valence-electron chi connectivity index (χ4n) is 2.88. The van der Waals surface area contributed by atoms with Gasteiger partial charge in [0.05, 0.1) is 16.5 Å². The van der Waals surface area contributed by atoms with Gasteiger partial charge in [-0.2, -0.15) is 9.57 Å². The summed E-state index contributed by atoms with van der Waals surface area (Å²) in [6.07, 6.45) is 2.92. The van der Waals surface area contributed by atoms with E-state index in [0.717, 1.165) is 24.8 Å². The zero-order chi connectivity index (χ0) is 17.7. The molecule has 6 heteroatoms. The molecule has 0 atom stereocenters. The molecule has 0 radical (unpaired) electrons. The third kappa shape index (κ3) is 4.01. The maximum atomic E-state index is 12.6. The van der Waals surface area contributed by atoms with Crippen LogP contribution in [0.5, 0.6) is 5.75 Å². The molecule has 2 aromatic carbocycles. The van der Waals surface area contributed by atoms with Crippen molar-refractivity contribution in [1.29, 1.82) is 5.26 Å². The fraction of sp³-hybridized carbons (Fsp3) is 0.316. The molecule has 1 fully saturated rings. The van der Waals surface area contributed by atoms with E-state index >= 15 is 0 Å². The lowest BCUT2D eigenvalue weighted by Gasteiger charge is -2.25. The molecule has 3 rings (SSSR count). The summed E-state index contributed by atoms with van der Waals surface area (Å²) in [5.74, 6) is 0.574. The largest absolute Gasteiger partial charge is 0.489 e. The lowest BCUT2D eigenvalue weighted by Crippen LogP contribution is -2.35. The third-order valence-electron chi connectivity index (χ3n) is 4.31. The van der Waals surface area contributed by atoms with Gasteiger partial charge in [-0.15, -0.1) is 0 Å². The van der Waals surface area contributed by atoms with Gasteiger partial charge in [0.1, 0.15) is 12.4 Å². The molecule has 0 spiro atoms. The van der Waals surface area contributed by atoms with Crippen molar-refractivity contribution in [3.05, 3.63) is 59.7 Å². The van der Waals surface area contributed by atoms with Gasteiger partial charge in [-0.1, -0.05) is 24.6 Å². The second-order valence-electron chi connectivity index (χ2n) is 5.99. The number of nitriles is 1. The minimum Gasteiger partial charge on any atom is -0.489 e. The molecule has 5 nitrogen and oxygen atoms in total. The van der Waals surface area contributed by atoms with E-state index < -0.39 is 10.0 Å². The van der Waals surface area contributed by atoms with E-state index in [0.29, 0.717) is 29.3 Å². The van der Waals surface area contributed by atoms with Crippen LogP contribution in [0.15, 0.2) is 53.4 Å². The van der Waals surface area contributed by atoms with Crippen molar-refractivity contribution >= 4 is 10.0 Å². The van der Waals surface area contributed by atoms with E-state index in [2.05, 4.69) is 6.07 Å². The summed E-state index contributed by atoms with van der Waals surface area (Å²) in [6, 6.07) is 15.9. The third-order valence-corrected chi connectivity index (χ3v) is 6.22. The van der Waals surface area contributed by atoms with Crippen LogP contribution in [0.2, 0.25) is 0 Å². The molecule has 0 bridgehead atoms. The molecular formula is C19H20N2O3S. The number of hydrogen-bond donors (Lipinski definition) is 0. The Morgan fingerprint density at radius 2 is 1.68 bits per heavy atom. The molecular weight excluding hydrogens is 336 g/mol. The number of rotatable bonds is 5. The number of nitrogens with zero attached hydrogens (tertiary/aromatic N) is 2. The van der Waals surface area contributed by atoms with Crippen LogP contribution in [0.4, 0.5) is 0 Å². The molecule has 1 aliphatic rings. The Kier molecular flexibility index (Phi) is 5.37. The Hall–Kier alpha value is -2.36. The first kappa shape index (κ1) is 17.5. The molecule has 1 heterocycles. The van der Waals surface area contributed by atoms with Gasteiger partial charge < -0.3 is 4.74 Å². The minimum absolute atomic E-state index is 0.266. The summed E-state index contributed by atoms with van der Waals surface area (Å²) in [6.45, 7) is 1.44. The molecule has 1 saturated heterocycles. The van der Waals surface area contributed by atoms with E-state index in [-0.39, 0.29) is 6.61 Å². The molecule has 0 aliphatic carbocycles. The maximum absolute atomic E-state index is 12.6. The minimum atomic E-state index is -3.42. The first-order valence-electron chi connectivity index (χ1n) is 8.32. The fourth-order valence-corrected chi connectivity index (χ4v) is 4.40. The highest BCUT2D eigenvalue weighted by molar-refractivity contribution is 7.89. The van der Waals surface area contributed by atoms with Gasteiger partial charge in [0, 0.05) is 18.7 Å². The van der Waals surface area contributed by atoms with Crippen molar-refractivity contribution in [2.75, 3.05) is 13.1 Å². The summed E-state index contributed by atoms with van der Waals surface area (Å²) in [7, 11) is -3.42. The van der Waals surface area contributed by atoms with Crippen LogP contribution in [0.25, 0.3) is 0 Å². The monoisotopic (exact) mass is 356 g/mol. The topological polar surface area (TPSA) is 70.4 Å². The van der Waals surface area contributed by atoms with Crippen molar-refractivity contribution in [3.63, 3.8) is 0 Å². The molecule has 130 valence electrons. The SMILES string of the molecule is N#Cc1ccccc1COc1ccc(S(=O)(=O)N2CCCCC2)cc1. The molecule has 0 saturated carbocycles. The Morgan fingerprint density at radius 1 is 1.00 bits per heavy atom. The molecule has 0 unspecified atom stereocenters. The lowest BCUT2D eigenvalue weighted by molar-refractivity contribution is 0.305. The molecule has 0 aromatic heterocycles. The summed E-state index contributed by atoms with van der Waals surface area (Å²) in [5.41, 5.74) is 1.38. The van der Waals surface area contributed by atoms with E-state index in [1.165, 1.54) is 0 Å².